The Morgan fingerprint density at radius 3 is 2.81 bits per heavy atom. The Morgan fingerprint density at radius 2 is 2.00 bits per heavy atom. The Labute approximate surface area is 129 Å². The lowest BCUT2D eigenvalue weighted by Crippen LogP contribution is -2.46. The van der Waals surface area contributed by atoms with Gasteiger partial charge >= 0.3 is 0 Å². The molecule has 1 saturated carbocycles. The number of nitrogens with one attached hydrogen (secondary N) is 1. The molecule has 1 aromatic carbocycles. The van der Waals surface area contributed by atoms with Crippen LogP contribution in [0.1, 0.15) is 56.2 Å². The van der Waals surface area contributed by atoms with E-state index in [0.717, 1.165) is 18.5 Å². The molecule has 0 amide bonds. The van der Waals surface area contributed by atoms with E-state index >= 15 is 0 Å². The second-order valence-electron chi connectivity index (χ2n) is 6.86. The van der Waals surface area contributed by atoms with Crippen LogP contribution < -0.4 is 5.32 Å². The fourth-order valence-electron chi connectivity index (χ4n) is 4.52. The number of fused-ring (bicyclic) bond motifs is 1. The number of hydrogen-bond acceptors (Lipinski definition) is 2. The molecule has 0 aromatic heterocycles. The minimum Gasteiger partial charge on any atom is -0.309 e. The van der Waals surface area contributed by atoms with Crippen molar-refractivity contribution in [2.75, 3.05) is 19.6 Å². The Balaban J connectivity index is 1.74. The molecule has 2 fully saturated rings. The molecule has 0 radical (unpaired) electrons. The minimum atomic E-state index is 0.482. The third-order valence-corrected chi connectivity index (χ3v) is 5.54. The van der Waals surface area contributed by atoms with E-state index in [-0.39, 0.29) is 0 Å². The number of likely N-dealkylation sites (tertiary alicyclic amines) is 1. The monoisotopic (exact) mass is 286 g/mol. The van der Waals surface area contributed by atoms with Crippen LogP contribution in [-0.2, 0) is 0 Å². The van der Waals surface area contributed by atoms with Gasteiger partial charge in [0.2, 0.25) is 0 Å². The van der Waals surface area contributed by atoms with E-state index in [4.69, 9.17) is 0 Å². The van der Waals surface area contributed by atoms with Crippen LogP contribution in [-0.4, -0.2) is 30.6 Å². The average molecular weight is 286 g/mol. The van der Waals surface area contributed by atoms with E-state index in [1.165, 1.54) is 56.3 Å². The molecule has 3 atom stereocenters. The zero-order valence-electron chi connectivity index (χ0n) is 13.6. The van der Waals surface area contributed by atoms with Crippen molar-refractivity contribution in [3.05, 3.63) is 35.4 Å². The summed E-state index contributed by atoms with van der Waals surface area (Å²) in [6.07, 6.45) is 7.21. The molecule has 1 heterocycles. The molecule has 1 N–H and O–H groups in total. The van der Waals surface area contributed by atoms with Gasteiger partial charge in [0.05, 0.1) is 0 Å². The summed E-state index contributed by atoms with van der Waals surface area (Å²) in [7, 11) is 0. The summed E-state index contributed by atoms with van der Waals surface area (Å²) in [6.45, 7) is 7.99. The largest absolute Gasteiger partial charge is 0.309 e. The average Bonchev–Trinajstić information content (AvgIpc) is 2.97. The van der Waals surface area contributed by atoms with Gasteiger partial charge in [0.1, 0.15) is 0 Å². The fourth-order valence-corrected chi connectivity index (χ4v) is 4.52. The zero-order valence-corrected chi connectivity index (χ0v) is 13.6. The highest BCUT2D eigenvalue weighted by atomic mass is 15.2. The first-order valence-corrected chi connectivity index (χ1v) is 8.82. The molecule has 1 aliphatic carbocycles. The predicted molar refractivity (Wildman–Crippen MR) is 89.5 cm³/mol. The first-order chi connectivity index (χ1) is 10.3. The Bertz CT molecular complexity index is 457. The lowest BCUT2D eigenvalue weighted by Gasteiger charge is -2.40. The normalized spacial score (nSPS) is 27.5. The van der Waals surface area contributed by atoms with Crippen LogP contribution in [0.15, 0.2) is 24.3 Å². The van der Waals surface area contributed by atoms with Crippen LogP contribution in [0.5, 0.6) is 0 Å². The molecule has 1 saturated heterocycles. The van der Waals surface area contributed by atoms with Gasteiger partial charge in [-0.2, -0.15) is 0 Å². The maximum absolute atomic E-state index is 3.73. The van der Waals surface area contributed by atoms with Crippen LogP contribution in [0.2, 0.25) is 0 Å². The van der Waals surface area contributed by atoms with Crippen LogP contribution >= 0.6 is 0 Å². The van der Waals surface area contributed by atoms with Crippen LogP contribution in [0.3, 0.4) is 0 Å². The molecular weight excluding hydrogens is 256 g/mol. The van der Waals surface area contributed by atoms with Gasteiger partial charge in [0.25, 0.3) is 0 Å². The van der Waals surface area contributed by atoms with Crippen molar-refractivity contribution < 1.29 is 0 Å². The molecule has 1 aliphatic heterocycles. The molecule has 0 bridgehead atoms. The first-order valence-electron chi connectivity index (χ1n) is 8.82. The summed E-state index contributed by atoms with van der Waals surface area (Å²) >= 11 is 0. The molecule has 3 rings (SSSR count). The number of rotatable bonds is 5. The van der Waals surface area contributed by atoms with E-state index in [1.807, 2.05) is 0 Å². The lowest BCUT2D eigenvalue weighted by molar-refractivity contribution is 0.101. The number of hydrogen-bond donors (Lipinski definition) is 1. The van der Waals surface area contributed by atoms with Crippen molar-refractivity contribution in [1.29, 1.82) is 0 Å². The van der Waals surface area contributed by atoms with Gasteiger partial charge in [-0.1, -0.05) is 37.6 Å². The minimum absolute atomic E-state index is 0.482. The maximum atomic E-state index is 3.73. The number of aryl methyl sites for hydroxylation is 1. The van der Waals surface area contributed by atoms with E-state index in [1.54, 1.807) is 0 Å². The molecule has 21 heavy (non-hydrogen) atoms. The SMILES string of the molecule is CCNC(CN1CCCC2CCCC21)c1ccccc1C. The second-order valence-corrected chi connectivity index (χ2v) is 6.86. The molecule has 3 unspecified atom stereocenters. The molecule has 1 aromatic rings. The predicted octanol–water partition coefficient (Wildman–Crippen LogP) is 3.91. The molecule has 116 valence electrons. The van der Waals surface area contributed by atoms with Gasteiger partial charge in [0, 0.05) is 18.6 Å². The van der Waals surface area contributed by atoms with Crippen molar-refractivity contribution in [2.24, 2.45) is 5.92 Å². The Kier molecular flexibility index (Phi) is 4.97. The third-order valence-electron chi connectivity index (χ3n) is 5.54. The number of likely N-dealkylation sites (N-methyl/N-ethyl adjacent to an activating group) is 1. The molecule has 2 aliphatic rings. The number of benzene rings is 1. The summed E-state index contributed by atoms with van der Waals surface area (Å²) in [4.78, 5) is 2.79. The highest BCUT2D eigenvalue weighted by Gasteiger charge is 2.35. The van der Waals surface area contributed by atoms with Crippen LogP contribution in [0, 0.1) is 12.8 Å². The maximum Gasteiger partial charge on any atom is 0.0451 e. The first kappa shape index (κ1) is 15.1. The van der Waals surface area contributed by atoms with Crippen molar-refractivity contribution in [1.82, 2.24) is 10.2 Å². The van der Waals surface area contributed by atoms with Crippen molar-refractivity contribution >= 4 is 0 Å². The summed E-state index contributed by atoms with van der Waals surface area (Å²) in [6, 6.07) is 10.2. The fraction of sp³-hybridized carbons (Fsp3) is 0.684. The van der Waals surface area contributed by atoms with Gasteiger partial charge in [-0.15, -0.1) is 0 Å². The zero-order chi connectivity index (χ0) is 14.7. The number of nitrogens with zero attached hydrogens (tertiary/aromatic N) is 1. The third kappa shape index (κ3) is 3.32. The quantitative estimate of drug-likeness (QED) is 0.883. The molecule has 2 nitrogen and oxygen atoms in total. The van der Waals surface area contributed by atoms with E-state index < -0.39 is 0 Å². The summed E-state index contributed by atoms with van der Waals surface area (Å²) < 4.78 is 0. The Morgan fingerprint density at radius 1 is 1.19 bits per heavy atom. The molecular formula is C19H30N2. The van der Waals surface area contributed by atoms with Crippen LogP contribution in [0.4, 0.5) is 0 Å². The summed E-state index contributed by atoms with van der Waals surface area (Å²) in [5.74, 6) is 0.984. The summed E-state index contributed by atoms with van der Waals surface area (Å²) in [5.41, 5.74) is 2.91. The number of piperidine rings is 1. The summed E-state index contributed by atoms with van der Waals surface area (Å²) in [5, 5.41) is 3.73. The molecule has 0 spiro atoms. The Hall–Kier alpha value is -0.860. The van der Waals surface area contributed by atoms with E-state index in [9.17, 15) is 0 Å². The van der Waals surface area contributed by atoms with Gasteiger partial charge in [-0.25, -0.2) is 0 Å². The topological polar surface area (TPSA) is 15.3 Å². The van der Waals surface area contributed by atoms with E-state index in [0.29, 0.717) is 6.04 Å². The van der Waals surface area contributed by atoms with Crippen LogP contribution in [0.25, 0.3) is 0 Å². The van der Waals surface area contributed by atoms with Crippen molar-refractivity contribution in [2.45, 2.75) is 58.0 Å². The van der Waals surface area contributed by atoms with Gasteiger partial charge in [0.15, 0.2) is 0 Å². The van der Waals surface area contributed by atoms with Gasteiger partial charge in [-0.3, -0.25) is 4.90 Å². The smallest absolute Gasteiger partial charge is 0.0451 e. The highest BCUT2D eigenvalue weighted by Crippen LogP contribution is 2.37. The van der Waals surface area contributed by atoms with E-state index in [2.05, 4.69) is 48.3 Å². The highest BCUT2D eigenvalue weighted by molar-refractivity contribution is 5.29. The lowest BCUT2D eigenvalue weighted by atomic mass is 9.90. The van der Waals surface area contributed by atoms with Gasteiger partial charge < -0.3 is 5.32 Å². The van der Waals surface area contributed by atoms with Gasteiger partial charge in [-0.05, 0) is 62.7 Å². The second kappa shape index (κ2) is 6.93. The van der Waals surface area contributed by atoms with Crippen molar-refractivity contribution in [3.8, 4) is 0 Å². The van der Waals surface area contributed by atoms with Crippen molar-refractivity contribution in [3.63, 3.8) is 0 Å². The molecule has 2 heteroatoms. The standard InChI is InChI=1S/C19H30N2/c1-3-20-18(17-11-5-4-8-15(17)2)14-21-13-7-10-16-9-6-12-19(16)21/h4-5,8,11,16,18-20H,3,6-7,9-10,12-14H2,1-2H3.